The Bertz CT molecular complexity index is 378. The van der Waals surface area contributed by atoms with Crippen LogP contribution in [0.25, 0.3) is 0 Å². The van der Waals surface area contributed by atoms with Crippen LogP contribution in [-0.2, 0) is 0 Å². The Balaban J connectivity index is 1.48. The van der Waals surface area contributed by atoms with Crippen LogP contribution in [0.1, 0.15) is 30.7 Å². The van der Waals surface area contributed by atoms with E-state index in [1.54, 1.807) is 11.3 Å². The van der Waals surface area contributed by atoms with Crippen molar-refractivity contribution in [2.75, 3.05) is 37.6 Å². The van der Waals surface area contributed by atoms with Gasteiger partial charge >= 0.3 is 0 Å². The lowest BCUT2D eigenvalue weighted by atomic mass is 9.96. The van der Waals surface area contributed by atoms with Gasteiger partial charge in [-0.25, -0.2) is 0 Å². The molecule has 0 spiro atoms. The predicted octanol–water partition coefficient (Wildman–Crippen LogP) is 2.16. The highest BCUT2D eigenvalue weighted by molar-refractivity contribution is 7.15. The first-order valence-corrected chi connectivity index (χ1v) is 7.90. The summed E-state index contributed by atoms with van der Waals surface area (Å²) in [6.07, 6.45) is 5.44. The third kappa shape index (κ3) is 2.83. The van der Waals surface area contributed by atoms with Gasteiger partial charge in [0.2, 0.25) is 5.13 Å². The predicted molar refractivity (Wildman–Crippen MR) is 75.3 cm³/mol. The summed E-state index contributed by atoms with van der Waals surface area (Å²) < 4.78 is 0. The van der Waals surface area contributed by atoms with Crippen LogP contribution in [0.15, 0.2) is 0 Å². The quantitative estimate of drug-likeness (QED) is 0.839. The Morgan fingerprint density at radius 2 is 1.83 bits per heavy atom. The summed E-state index contributed by atoms with van der Waals surface area (Å²) in [5.74, 6) is 0.897. The van der Waals surface area contributed by atoms with Crippen molar-refractivity contribution in [1.29, 1.82) is 0 Å². The Morgan fingerprint density at radius 3 is 2.44 bits per heavy atom. The molecule has 2 aliphatic rings. The van der Waals surface area contributed by atoms with Crippen LogP contribution < -0.4 is 4.90 Å². The van der Waals surface area contributed by atoms with E-state index in [1.165, 1.54) is 45.3 Å². The SMILES string of the molecule is Cc1nnc(N2CCC(CN3CCCC3)CC2)s1. The minimum Gasteiger partial charge on any atom is -0.347 e. The number of anilines is 1. The molecule has 2 fully saturated rings. The average Bonchev–Trinajstić information content (AvgIpc) is 3.02. The summed E-state index contributed by atoms with van der Waals surface area (Å²) in [6.45, 7) is 8.33. The first-order chi connectivity index (χ1) is 8.81. The maximum atomic E-state index is 4.25. The van der Waals surface area contributed by atoms with Gasteiger partial charge in [0.05, 0.1) is 0 Å². The number of aromatic nitrogens is 2. The van der Waals surface area contributed by atoms with Gasteiger partial charge in [-0.15, -0.1) is 10.2 Å². The van der Waals surface area contributed by atoms with E-state index in [0.29, 0.717) is 0 Å². The van der Waals surface area contributed by atoms with Crippen LogP contribution in [0.2, 0.25) is 0 Å². The molecule has 18 heavy (non-hydrogen) atoms. The standard InChI is InChI=1S/C13H22N4S/c1-11-14-15-13(18-11)17-8-4-12(5-9-17)10-16-6-2-3-7-16/h12H,2-10H2,1H3. The molecule has 4 nitrogen and oxygen atoms in total. The molecule has 0 radical (unpaired) electrons. The van der Waals surface area contributed by atoms with Gasteiger partial charge in [-0.05, 0) is 51.6 Å². The molecule has 1 aromatic heterocycles. The molecular formula is C13H22N4S. The normalized spacial score (nSPS) is 22.8. The molecule has 5 heteroatoms. The Kier molecular flexibility index (Phi) is 3.80. The zero-order valence-electron chi connectivity index (χ0n) is 11.1. The highest BCUT2D eigenvalue weighted by atomic mass is 32.1. The Morgan fingerprint density at radius 1 is 1.11 bits per heavy atom. The highest BCUT2D eigenvalue weighted by Crippen LogP contribution is 2.26. The van der Waals surface area contributed by atoms with Gasteiger partial charge in [-0.2, -0.15) is 0 Å². The Labute approximate surface area is 113 Å². The van der Waals surface area contributed by atoms with E-state index in [1.807, 2.05) is 6.92 Å². The van der Waals surface area contributed by atoms with E-state index in [2.05, 4.69) is 20.0 Å². The second-order valence-electron chi connectivity index (χ2n) is 5.54. The van der Waals surface area contributed by atoms with Crippen molar-refractivity contribution < 1.29 is 0 Å². The molecule has 2 aliphatic heterocycles. The number of hydrogen-bond donors (Lipinski definition) is 0. The summed E-state index contributed by atoms with van der Waals surface area (Å²) >= 11 is 1.72. The van der Waals surface area contributed by atoms with Crippen LogP contribution in [0.3, 0.4) is 0 Å². The fourth-order valence-corrected chi connectivity index (χ4v) is 3.79. The van der Waals surface area contributed by atoms with Gasteiger partial charge in [0.1, 0.15) is 5.01 Å². The van der Waals surface area contributed by atoms with Crippen LogP contribution in [0, 0.1) is 12.8 Å². The summed E-state index contributed by atoms with van der Waals surface area (Å²) in [5.41, 5.74) is 0. The fourth-order valence-electron chi connectivity index (χ4n) is 3.05. The van der Waals surface area contributed by atoms with Gasteiger partial charge < -0.3 is 9.80 Å². The van der Waals surface area contributed by atoms with E-state index in [-0.39, 0.29) is 0 Å². The molecule has 0 bridgehead atoms. The summed E-state index contributed by atoms with van der Waals surface area (Å²) in [6, 6.07) is 0. The molecule has 0 unspecified atom stereocenters. The molecule has 1 aromatic rings. The molecule has 0 saturated carbocycles. The minimum atomic E-state index is 0.897. The third-order valence-corrected chi connectivity index (χ3v) is 5.01. The lowest BCUT2D eigenvalue weighted by molar-refractivity contribution is 0.249. The van der Waals surface area contributed by atoms with Gasteiger partial charge in [-0.3, -0.25) is 0 Å². The van der Waals surface area contributed by atoms with Crippen LogP contribution in [0.4, 0.5) is 5.13 Å². The largest absolute Gasteiger partial charge is 0.347 e. The van der Waals surface area contributed by atoms with Gasteiger partial charge in [-0.1, -0.05) is 11.3 Å². The zero-order valence-corrected chi connectivity index (χ0v) is 12.0. The molecule has 0 N–H and O–H groups in total. The molecule has 100 valence electrons. The van der Waals surface area contributed by atoms with Crippen molar-refractivity contribution in [3.63, 3.8) is 0 Å². The van der Waals surface area contributed by atoms with Crippen molar-refractivity contribution in [3.8, 4) is 0 Å². The maximum absolute atomic E-state index is 4.25. The number of likely N-dealkylation sites (tertiary alicyclic amines) is 1. The highest BCUT2D eigenvalue weighted by Gasteiger charge is 2.24. The van der Waals surface area contributed by atoms with E-state index < -0.39 is 0 Å². The second-order valence-corrected chi connectivity index (χ2v) is 6.70. The van der Waals surface area contributed by atoms with Crippen molar-refractivity contribution in [3.05, 3.63) is 5.01 Å². The minimum absolute atomic E-state index is 0.897. The smallest absolute Gasteiger partial charge is 0.208 e. The van der Waals surface area contributed by atoms with Gasteiger partial charge in [0.15, 0.2) is 0 Å². The van der Waals surface area contributed by atoms with Crippen LogP contribution in [-0.4, -0.2) is 47.8 Å². The number of nitrogens with zero attached hydrogens (tertiary/aromatic N) is 4. The van der Waals surface area contributed by atoms with Crippen molar-refractivity contribution >= 4 is 16.5 Å². The average molecular weight is 266 g/mol. The molecular weight excluding hydrogens is 244 g/mol. The molecule has 0 aromatic carbocycles. The molecule has 0 aliphatic carbocycles. The Hall–Kier alpha value is -0.680. The lowest BCUT2D eigenvalue weighted by Crippen LogP contribution is -2.38. The van der Waals surface area contributed by atoms with E-state index in [9.17, 15) is 0 Å². The van der Waals surface area contributed by atoms with E-state index in [4.69, 9.17) is 0 Å². The fraction of sp³-hybridized carbons (Fsp3) is 0.846. The molecule has 2 saturated heterocycles. The molecule has 0 amide bonds. The van der Waals surface area contributed by atoms with Gasteiger partial charge in [0, 0.05) is 19.6 Å². The number of aryl methyl sites for hydroxylation is 1. The van der Waals surface area contributed by atoms with Crippen LogP contribution >= 0.6 is 11.3 Å². The second kappa shape index (κ2) is 5.53. The zero-order chi connectivity index (χ0) is 12.4. The van der Waals surface area contributed by atoms with Crippen molar-refractivity contribution in [2.45, 2.75) is 32.6 Å². The van der Waals surface area contributed by atoms with Crippen LogP contribution in [0.5, 0.6) is 0 Å². The molecule has 3 rings (SSSR count). The van der Waals surface area contributed by atoms with Crippen molar-refractivity contribution in [1.82, 2.24) is 15.1 Å². The van der Waals surface area contributed by atoms with Gasteiger partial charge in [0.25, 0.3) is 0 Å². The topological polar surface area (TPSA) is 32.3 Å². The first-order valence-electron chi connectivity index (χ1n) is 7.08. The molecule has 0 atom stereocenters. The number of rotatable bonds is 3. The number of piperidine rings is 1. The molecule has 3 heterocycles. The number of hydrogen-bond acceptors (Lipinski definition) is 5. The van der Waals surface area contributed by atoms with E-state index in [0.717, 1.165) is 29.1 Å². The summed E-state index contributed by atoms with van der Waals surface area (Å²) in [5, 5.41) is 10.6. The summed E-state index contributed by atoms with van der Waals surface area (Å²) in [4.78, 5) is 5.06. The lowest BCUT2D eigenvalue weighted by Gasteiger charge is -2.33. The first kappa shape index (κ1) is 12.4. The third-order valence-electron chi connectivity index (χ3n) is 4.12. The monoisotopic (exact) mass is 266 g/mol. The summed E-state index contributed by atoms with van der Waals surface area (Å²) in [7, 11) is 0. The van der Waals surface area contributed by atoms with E-state index >= 15 is 0 Å². The van der Waals surface area contributed by atoms with Crippen molar-refractivity contribution in [2.24, 2.45) is 5.92 Å². The maximum Gasteiger partial charge on any atom is 0.208 e.